The molecule has 1 amide bonds. The summed E-state index contributed by atoms with van der Waals surface area (Å²) in [5.41, 5.74) is 0.496. The Labute approximate surface area is 163 Å². The predicted molar refractivity (Wildman–Crippen MR) is 102 cm³/mol. The van der Waals surface area contributed by atoms with Crippen LogP contribution in [0, 0.1) is 11.6 Å². The zero-order valence-corrected chi connectivity index (χ0v) is 15.7. The molecule has 140 valence electrons. The maximum absolute atomic E-state index is 14.2. The monoisotopic (exact) mass is 408 g/mol. The molecular formula is C19H15ClF2N2O2S. The van der Waals surface area contributed by atoms with E-state index in [1.165, 1.54) is 16.2 Å². The van der Waals surface area contributed by atoms with Crippen LogP contribution >= 0.6 is 22.9 Å². The van der Waals surface area contributed by atoms with Gasteiger partial charge in [-0.25, -0.2) is 13.8 Å². The van der Waals surface area contributed by atoms with Gasteiger partial charge in [-0.1, -0.05) is 22.9 Å². The van der Waals surface area contributed by atoms with Gasteiger partial charge in [-0.2, -0.15) is 0 Å². The minimum atomic E-state index is -0.901. The SMILES string of the molecule is O=C(c1ccc(F)cc1F)N(CC1CCCO1)c1nc2ccc(Cl)cc2s1. The molecule has 27 heavy (non-hydrogen) atoms. The zero-order chi connectivity index (χ0) is 19.0. The number of benzene rings is 2. The fraction of sp³-hybridized carbons (Fsp3) is 0.263. The summed E-state index contributed by atoms with van der Waals surface area (Å²) in [7, 11) is 0. The highest BCUT2D eigenvalue weighted by atomic mass is 35.5. The molecule has 0 N–H and O–H groups in total. The van der Waals surface area contributed by atoms with Crippen molar-refractivity contribution in [1.29, 1.82) is 0 Å². The number of thiazole rings is 1. The molecule has 2 heterocycles. The number of carbonyl (C=O) groups excluding carboxylic acids is 1. The van der Waals surface area contributed by atoms with Gasteiger partial charge in [0.1, 0.15) is 11.6 Å². The van der Waals surface area contributed by atoms with Crippen molar-refractivity contribution in [2.24, 2.45) is 0 Å². The maximum atomic E-state index is 14.2. The molecule has 1 fully saturated rings. The number of carbonyl (C=O) groups is 1. The minimum Gasteiger partial charge on any atom is -0.376 e. The Morgan fingerprint density at radius 2 is 2.15 bits per heavy atom. The third-order valence-corrected chi connectivity index (χ3v) is 5.66. The summed E-state index contributed by atoms with van der Waals surface area (Å²) in [6.45, 7) is 0.885. The normalized spacial score (nSPS) is 16.8. The Bertz CT molecular complexity index is 1000. The van der Waals surface area contributed by atoms with Crippen LogP contribution in [0.25, 0.3) is 10.2 Å². The predicted octanol–water partition coefficient (Wildman–Crippen LogP) is 5.05. The van der Waals surface area contributed by atoms with E-state index in [1.807, 2.05) is 0 Å². The third-order valence-electron chi connectivity index (χ3n) is 4.39. The van der Waals surface area contributed by atoms with Crippen molar-refractivity contribution in [3.8, 4) is 0 Å². The third kappa shape index (κ3) is 3.81. The Morgan fingerprint density at radius 3 is 2.89 bits per heavy atom. The average Bonchev–Trinajstić information content (AvgIpc) is 3.28. The molecule has 8 heteroatoms. The van der Waals surface area contributed by atoms with E-state index < -0.39 is 17.5 Å². The van der Waals surface area contributed by atoms with Crippen molar-refractivity contribution in [2.45, 2.75) is 18.9 Å². The van der Waals surface area contributed by atoms with Gasteiger partial charge in [0, 0.05) is 17.7 Å². The number of nitrogens with zero attached hydrogens (tertiary/aromatic N) is 2. The molecule has 4 nitrogen and oxygen atoms in total. The summed E-state index contributed by atoms with van der Waals surface area (Å²) in [6.07, 6.45) is 1.58. The Balaban J connectivity index is 1.73. The van der Waals surface area contributed by atoms with E-state index >= 15 is 0 Å². The summed E-state index contributed by atoms with van der Waals surface area (Å²) in [5.74, 6) is -2.21. The number of rotatable bonds is 4. The zero-order valence-electron chi connectivity index (χ0n) is 14.1. The summed E-state index contributed by atoms with van der Waals surface area (Å²) in [6, 6.07) is 8.18. The van der Waals surface area contributed by atoms with Crippen molar-refractivity contribution in [2.75, 3.05) is 18.1 Å². The van der Waals surface area contributed by atoms with Crippen LogP contribution < -0.4 is 4.90 Å². The Hall–Kier alpha value is -2.09. The lowest BCUT2D eigenvalue weighted by molar-refractivity contribution is 0.0914. The second-order valence-electron chi connectivity index (χ2n) is 6.28. The van der Waals surface area contributed by atoms with Gasteiger partial charge in [0.15, 0.2) is 5.13 Å². The quantitative estimate of drug-likeness (QED) is 0.606. The summed E-state index contributed by atoms with van der Waals surface area (Å²) < 4.78 is 33.9. The molecular weight excluding hydrogens is 394 g/mol. The number of aromatic nitrogens is 1. The smallest absolute Gasteiger partial charge is 0.263 e. The van der Waals surface area contributed by atoms with Crippen LogP contribution in [0.15, 0.2) is 36.4 Å². The lowest BCUT2D eigenvalue weighted by atomic mass is 10.1. The maximum Gasteiger partial charge on any atom is 0.263 e. The standard InChI is InChI=1S/C19H15ClF2N2O2S/c20-11-3-6-16-17(8-11)27-19(23-16)24(10-13-2-1-7-26-13)18(25)14-5-4-12(21)9-15(14)22/h3-6,8-9,13H,1-2,7,10H2. The van der Waals surface area contributed by atoms with Gasteiger partial charge >= 0.3 is 0 Å². The molecule has 4 rings (SSSR count). The first-order valence-electron chi connectivity index (χ1n) is 8.46. The van der Waals surface area contributed by atoms with E-state index in [2.05, 4.69) is 4.98 Å². The number of fused-ring (bicyclic) bond motifs is 1. The van der Waals surface area contributed by atoms with Gasteiger partial charge in [-0.3, -0.25) is 9.69 Å². The molecule has 1 saturated heterocycles. The van der Waals surface area contributed by atoms with Crippen LogP contribution in [0.1, 0.15) is 23.2 Å². The van der Waals surface area contributed by atoms with Crippen molar-refractivity contribution in [3.05, 3.63) is 58.6 Å². The first kappa shape index (κ1) is 18.3. The second kappa shape index (κ2) is 7.50. The fourth-order valence-corrected chi connectivity index (χ4v) is 4.30. The van der Waals surface area contributed by atoms with Gasteiger partial charge in [0.2, 0.25) is 0 Å². The minimum absolute atomic E-state index is 0.145. The summed E-state index contributed by atoms with van der Waals surface area (Å²) >= 11 is 7.32. The van der Waals surface area contributed by atoms with Crippen molar-refractivity contribution in [3.63, 3.8) is 0 Å². The van der Waals surface area contributed by atoms with Crippen LogP contribution in [0.2, 0.25) is 5.02 Å². The summed E-state index contributed by atoms with van der Waals surface area (Å²) in [4.78, 5) is 19.0. The molecule has 0 radical (unpaired) electrons. The van der Waals surface area contributed by atoms with Gasteiger partial charge in [0.25, 0.3) is 5.91 Å². The van der Waals surface area contributed by atoms with E-state index in [0.717, 1.165) is 29.7 Å². The molecule has 0 saturated carbocycles. The molecule has 0 bridgehead atoms. The lowest BCUT2D eigenvalue weighted by Gasteiger charge is -2.23. The highest BCUT2D eigenvalue weighted by Crippen LogP contribution is 2.32. The number of hydrogen-bond acceptors (Lipinski definition) is 4. The van der Waals surface area contributed by atoms with Crippen molar-refractivity contribution < 1.29 is 18.3 Å². The van der Waals surface area contributed by atoms with Gasteiger partial charge in [-0.15, -0.1) is 0 Å². The van der Waals surface area contributed by atoms with Crippen LogP contribution in [-0.2, 0) is 4.74 Å². The topological polar surface area (TPSA) is 42.4 Å². The highest BCUT2D eigenvalue weighted by molar-refractivity contribution is 7.22. The van der Waals surface area contributed by atoms with E-state index in [-0.39, 0.29) is 18.2 Å². The van der Waals surface area contributed by atoms with E-state index in [0.29, 0.717) is 28.3 Å². The van der Waals surface area contributed by atoms with E-state index in [9.17, 15) is 13.6 Å². The molecule has 1 aliphatic rings. The fourth-order valence-electron chi connectivity index (χ4n) is 3.05. The number of hydrogen-bond donors (Lipinski definition) is 0. The summed E-state index contributed by atoms with van der Waals surface area (Å²) in [5, 5.41) is 0.996. The molecule has 1 unspecified atom stereocenters. The van der Waals surface area contributed by atoms with Crippen molar-refractivity contribution >= 4 is 44.2 Å². The van der Waals surface area contributed by atoms with Gasteiger partial charge in [-0.05, 0) is 43.2 Å². The molecule has 1 aromatic heterocycles. The molecule has 2 aromatic carbocycles. The largest absolute Gasteiger partial charge is 0.376 e. The van der Waals surface area contributed by atoms with Gasteiger partial charge < -0.3 is 4.74 Å². The molecule has 3 aromatic rings. The molecule has 1 atom stereocenters. The van der Waals surface area contributed by atoms with Crippen LogP contribution in [0.3, 0.4) is 0 Å². The molecule has 0 aliphatic carbocycles. The van der Waals surface area contributed by atoms with E-state index in [4.69, 9.17) is 16.3 Å². The van der Waals surface area contributed by atoms with Gasteiger partial charge in [0.05, 0.1) is 28.4 Å². The first-order chi connectivity index (χ1) is 13.0. The van der Waals surface area contributed by atoms with Crippen molar-refractivity contribution in [1.82, 2.24) is 4.98 Å². The lowest BCUT2D eigenvalue weighted by Crippen LogP contribution is -2.38. The second-order valence-corrected chi connectivity index (χ2v) is 7.73. The van der Waals surface area contributed by atoms with E-state index in [1.54, 1.807) is 18.2 Å². The van der Waals surface area contributed by atoms with Crippen LogP contribution in [0.5, 0.6) is 0 Å². The Kier molecular flexibility index (Phi) is 5.08. The van der Waals surface area contributed by atoms with Crippen LogP contribution in [-0.4, -0.2) is 30.1 Å². The molecule has 1 aliphatic heterocycles. The first-order valence-corrected chi connectivity index (χ1v) is 9.65. The Morgan fingerprint density at radius 1 is 1.30 bits per heavy atom. The van der Waals surface area contributed by atoms with Crippen LogP contribution in [0.4, 0.5) is 13.9 Å². The number of ether oxygens (including phenoxy) is 1. The average molecular weight is 409 g/mol. The number of anilines is 1. The molecule has 0 spiro atoms. The highest BCUT2D eigenvalue weighted by Gasteiger charge is 2.28. The number of halogens is 3. The number of amides is 1.